The Morgan fingerprint density at radius 2 is 1.94 bits per heavy atom. The molecule has 0 aliphatic carbocycles. The minimum Gasteiger partial charge on any atom is -0.481 e. The highest BCUT2D eigenvalue weighted by Crippen LogP contribution is 2.04. The molecule has 0 unspecified atom stereocenters. The lowest BCUT2D eigenvalue weighted by Gasteiger charge is -2.15. The molecule has 0 aromatic heterocycles. The van der Waals surface area contributed by atoms with Gasteiger partial charge in [0.15, 0.2) is 0 Å². The van der Waals surface area contributed by atoms with E-state index in [1.165, 1.54) is 12.1 Å². The Hall–Kier alpha value is -1.42. The first-order valence-corrected chi connectivity index (χ1v) is 5.72. The van der Waals surface area contributed by atoms with Crippen molar-refractivity contribution in [2.45, 2.75) is 19.3 Å². The van der Waals surface area contributed by atoms with Gasteiger partial charge in [-0.2, -0.15) is 0 Å². The lowest BCUT2D eigenvalue weighted by Crippen LogP contribution is -2.23. The summed E-state index contributed by atoms with van der Waals surface area (Å²) in [6, 6.07) is 6.47. The standard InChI is InChI=1S/C13H18FNO2/c1-15(9-2-3-13(16)17)10-8-11-4-6-12(14)7-5-11/h4-7H,2-3,8-10H2,1H3,(H,16,17). The third-order valence-corrected chi connectivity index (χ3v) is 2.63. The lowest BCUT2D eigenvalue weighted by atomic mass is 10.1. The predicted octanol–water partition coefficient (Wildman–Crippen LogP) is 2.16. The Kier molecular flexibility index (Phi) is 5.63. The average molecular weight is 239 g/mol. The van der Waals surface area contributed by atoms with Crippen molar-refractivity contribution in [2.24, 2.45) is 0 Å². The summed E-state index contributed by atoms with van der Waals surface area (Å²) in [6.07, 6.45) is 1.72. The quantitative estimate of drug-likeness (QED) is 0.792. The van der Waals surface area contributed by atoms with Crippen LogP contribution in [-0.2, 0) is 11.2 Å². The molecule has 1 aromatic carbocycles. The molecule has 0 aliphatic heterocycles. The van der Waals surface area contributed by atoms with Crippen molar-refractivity contribution in [1.82, 2.24) is 4.90 Å². The molecule has 0 saturated carbocycles. The summed E-state index contributed by atoms with van der Waals surface area (Å²) < 4.78 is 12.7. The molecule has 0 spiro atoms. The summed E-state index contributed by atoms with van der Waals surface area (Å²) >= 11 is 0. The van der Waals surface area contributed by atoms with Gasteiger partial charge in [-0.15, -0.1) is 0 Å². The fourth-order valence-electron chi connectivity index (χ4n) is 1.58. The van der Waals surface area contributed by atoms with Gasteiger partial charge in [0.1, 0.15) is 5.82 Å². The maximum absolute atomic E-state index is 12.7. The zero-order valence-electron chi connectivity index (χ0n) is 10.0. The van der Waals surface area contributed by atoms with Crippen molar-refractivity contribution < 1.29 is 14.3 Å². The summed E-state index contributed by atoms with van der Waals surface area (Å²) in [5.41, 5.74) is 1.09. The summed E-state index contributed by atoms with van der Waals surface area (Å²) in [5.74, 6) is -0.972. The average Bonchev–Trinajstić information content (AvgIpc) is 2.28. The van der Waals surface area contributed by atoms with Crippen molar-refractivity contribution in [3.63, 3.8) is 0 Å². The van der Waals surface area contributed by atoms with Gasteiger partial charge in [0, 0.05) is 13.0 Å². The van der Waals surface area contributed by atoms with E-state index in [1.54, 1.807) is 12.1 Å². The summed E-state index contributed by atoms with van der Waals surface area (Å²) in [7, 11) is 1.96. The number of carbonyl (C=O) groups is 1. The molecule has 94 valence electrons. The zero-order chi connectivity index (χ0) is 12.7. The smallest absolute Gasteiger partial charge is 0.303 e. The van der Waals surface area contributed by atoms with Crippen LogP contribution in [0.15, 0.2) is 24.3 Å². The van der Waals surface area contributed by atoms with Gasteiger partial charge in [-0.3, -0.25) is 4.79 Å². The number of aliphatic carboxylic acids is 1. The summed E-state index contributed by atoms with van der Waals surface area (Å²) in [4.78, 5) is 12.4. The SMILES string of the molecule is CN(CCCC(=O)O)CCc1ccc(F)cc1. The Morgan fingerprint density at radius 1 is 1.29 bits per heavy atom. The number of rotatable bonds is 7. The van der Waals surface area contributed by atoms with Crippen LogP contribution in [0, 0.1) is 5.82 Å². The van der Waals surface area contributed by atoms with Crippen LogP contribution >= 0.6 is 0 Å². The van der Waals surface area contributed by atoms with E-state index < -0.39 is 5.97 Å². The minimum absolute atomic E-state index is 0.209. The molecular weight excluding hydrogens is 221 g/mol. The highest BCUT2D eigenvalue weighted by atomic mass is 19.1. The van der Waals surface area contributed by atoms with Crippen LogP contribution in [0.5, 0.6) is 0 Å². The van der Waals surface area contributed by atoms with E-state index in [2.05, 4.69) is 4.90 Å². The first-order valence-electron chi connectivity index (χ1n) is 5.72. The van der Waals surface area contributed by atoms with E-state index in [0.29, 0.717) is 6.42 Å². The minimum atomic E-state index is -0.753. The Labute approximate surface area is 101 Å². The maximum atomic E-state index is 12.7. The largest absolute Gasteiger partial charge is 0.481 e. The van der Waals surface area contributed by atoms with Gasteiger partial charge >= 0.3 is 5.97 Å². The number of carboxylic acid groups (broad SMARTS) is 1. The van der Waals surface area contributed by atoms with E-state index >= 15 is 0 Å². The zero-order valence-corrected chi connectivity index (χ0v) is 10.0. The molecule has 3 nitrogen and oxygen atoms in total. The molecule has 0 fully saturated rings. The molecule has 0 saturated heterocycles. The number of halogens is 1. The molecule has 1 aromatic rings. The number of benzene rings is 1. The van der Waals surface area contributed by atoms with Crippen molar-refractivity contribution in [1.29, 1.82) is 0 Å². The van der Waals surface area contributed by atoms with Crippen LogP contribution in [0.3, 0.4) is 0 Å². The van der Waals surface area contributed by atoms with Gasteiger partial charge in [0.2, 0.25) is 0 Å². The molecule has 1 rings (SSSR count). The molecule has 1 N–H and O–H groups in total. The first kappa shape index (κ1) is 13.6. The van der Waals surface area contributed by atoms with Gasteiger partial charge in [-0.1, -0.05) is 12.1 Å². The first-order chi connectivity index (χ1) is 8.08. The molecule has 0 aliphatic rings. The summed E-state index contributed by atoms with van der Waals surface area (Å²) in [5, 5.41) is 8.51. The van der Waals surface area contributed by atoms with Crippen molar-refractivity contribution in [2.75, 3.05) is 20.1 Å². The predicted molar refractivity (Wildman–Crippen MR) is 64.5 cm³/mol. The van der Waals surface area contributed by atoms with E-state index in [0.717, 1.165) is 25.1 Å². The molecule has 0 bridgehead atoms. The second-order valence-electron chi connectivity index (χ2n) is 4.18. The maximum Gasteiger partial charge on any atom is 0.303 e. The number of hydrogen-bond donors (Lipinski definition) is 1. The third-order valence-electron chi connectivity index (χ3n) is 2.63. The van der Waals surface area contributed by atoms with E-state index in [4.69, 9.17) is 5.11 Å². The molecule has 0 radical (unpaired) electrons. The summed E-state index contributed by atoms with van der Waals surface area (Å²) in [6.45, 7) is 1.62. The fraction of sp³-hybridized carbons (Fsp3) is 0.462. The molecule has 0 amide bonds. The lowest BCUT2D eigenvalue weighted by molar-refractivity contribution is -0.137. The Bertz CT molecular complexity index is 351. The van der Waals surface area contributed by atoms with Gasteiger partial charge in [-0.05, 0) is 44.1 Å². The van der Waals surface area contributed by atoms with Crippen LogP contribution in [-0.4, -0.2) is 36.1 Å². The topological polar surface area (TPSA) is 40.5 Å². The fourth-order valence-corrected chi connectivity index (χ4v) is 1.58. The Balaban J connectivity index is 2.21. The van der Waals surface area contributed by atoms with Crippen LogP contribution in [0.25, 0.3) is 0 Å². The number of carboxylic acids is 1. The van der Waals surface area contributed by atoms with Crippen molar-refractivity contribution >= 4 is 5.97 Å². The number of likely N-dealkylation sites (N-methyl/N-ethyl adjacent to an activating group) is 1. The van der Waals surface area contributed by atoms with Crippen LogP contribution < -0.4 is 0 Å². The van der Waals surface area contributed by atoms with E-state index in [-0.39, 0.29) is 12.2 Å². The Morgan fingerprint density at radius 3 is 2.53 bits per heavy atom. The second-order valence-corrected chi connectivity index (χ2v) is 4.18. The van der Waals surface area contributed by atoms with Gasteiger partial charge in [0.25, 0.3) is 0 Å². The van der Waals surface area contributed by atoms with Gasteiger partial charge < -0.3 is 10.0 Å². The van der Waals surface area contributed by atoms with Crippen molar-refractivity contribution in [3.8, 4) is 0 Å². The van der Waals surface area contributed by atoms with Gasteiger partial charge in [0.05, 0.1) is 0 Å². The second kappa shape index (κ2) is 7.01. The highest BCUT2D eigenvalue weighted by Gasteiger charge is 2.02. The number of hydrogen-bond acceptors (Lipinski definition) is 2. The van der Waals surface area contributed by atoms with Crippen molar-refractivity contribution in [3.05, 3.63) is 35.6 Å². The number of nitrogens with zero attached hydrogens (tertiary/aromatic N) is 1. The van der Waals surface area contributed by atoms with Crippen LogP contribution in [0.4, 0.5) is 4.39 Å². The molecule has 0 atom stereocenters. The van der Waals surface area contributed by atoms with E-state index in [1.807, 2.05) is 7.05 Å². The van der Waals surface area contributed by atoms with Crippen LogP contribution in [0.1, 0.15) is 18.4 Å². The molecule has 4 heteroatoms. The molecule has 17 heavy (non-hydrogen) atoms. The highest BCUT2D eigenvalue weighted by molar-refractivity contribution is 5.66. The normalized spacial score (nSPS) is 10.8. The van der Waals surface area contributed by atoms with Crippen LogP contribution in [0.2, 0.25) is 0 Å². The monoisotopic (exact) mass is 239 g/mol. The van der Waals surface area contributed by atoms with Gasteiger partial charge in [-0.25, -0.2) is 4.39 Å². The third kappa shape index (κ3) is 6.02. The molecular formula is C13H18FNO2. The molecule has 0 heterocycles. The van der Waals surface area contributed by atoms with E-state index in [9.17, 15) is 9.18 Å².